The number of hydrogen-bond donors (Lipinski definition) is 1. The van der Waals surface area contributed by atoms with Crippen LogP contribution in [0.15, 0.2) is 36.4 Å². The highest BCUT2D eigenvalue weighted by Crippen LogP contribution is 2.41. The second-order valence-electron chi connectivity index (χ2n) is 6.75. The Kier molecular flexibility index (Phi) is 4.10. The number of rotatable bonds is 4. The van der Waals surface area contributed by atoms with Gasteiger partial charge in [-0.05, 0) is 43.5 Å². The van der Waals surface area contributed by atoms with Crippen molar-refractivity contribution in [2.45, 2.75) is 43.7 Å². The first-order valence-corrected chi connectivity index (χ1v) is 8.66. The van der Waals surface area contributed by atoms with E-state index in [4.69, 9.17) is 9.47 Å². The molecule has 1 aliphatic carbocycles. The predicted octanol–water partition coefficient (Wildman–Crippen LogP) is 3.67. The Hall–Kier alpha value is -2.14. The van der Waals surface area contributed by atoms with Crippen LogP contribution < -0.4 is 10.1 Å². The van der Waals surface area contributed by atoms with Crippen molar-refractivity contribution in [3.05, 3.63) is 36.4 Å². The minimum Gasteiger partial charge on any atom is -0.496 e. The van der Waals surface area contributed by atoms with Crippen molar-refractivity contribution < 1.29 is 9.47 Å². The molecule has 24 heavy (non-hydrogen) atoms. The predicted molar refractivity (Wildman–Crippen MR) is 93.2 cm³/mol. The molecule has 1 saturated heterocycles. The Labute approximate surface area is 142 Å². The summed E-state index contributed by atoms with van der Waals surface area (Å²) in [5, 5.41) is 12.2. The number of benzene rings is 1. The van der Waals surface area contributed by atoms with E-state index < -0.39 is 0 Å². The average molecular weight is 325 g/mol. The summed E-state index contributed by atoms with van der Waals surface area (Å²) in [5.74, 6) is 1.61. The van der Waals surface area contributed by atoms with Crippen molar-refractivity contribution in [2.24, 2.45) is 0 Å². The van der Waals surface area contributed by atoms with Gasteiger partial charge in [-0.3, -0.25) is 0 Å². The molecule has 2 heterocycles. The van der Waals surface area contributed by atoms with Crippen LogP contribution in [0.1, 0.15) is 32.1 Å². The minimum atomic E-state index is 0.127. The zero-order valence-corrected chi connectivity index (χ0v) is 14.0. The van der Waals surface area contributed by atoms with Crippen LogP contribution in [-0.4, -0.2) is 35.6 Å². The maximum atomic E-state index is 6.08. The fraction of sp³-hybridized carbons (Fsp3) is 0.474. The van der Waals surface area contributed by atoms with E-state index in [2.05, 4.69) is 15.5 Å². The van der Waals surface area contributed by atoms with E-state index in [1.165, 1.54) is 25.7 Å². The lowest BCUT2D eigenvalue weighted by atomic mass is 9.96. The Balaban J connectivity index is 1.45. The van der Waals surface area contributed by atoms with Crippen molar-refractivity contribution in [1.82, 2.24) is 10.2 Å². The quantitative estimate of drug-likeness (QED) is 0.929. The second kappa shape index (κ2) is 6.40. The van der Waals surface area contributed by atoms with Crippen LogP contribution in [-0.2, 0) is 4.74 Å². The maximum Gasteiger partial charge on any atom is 0.148 e. The molecular formula is C19H23N3O2. The number of para-hydroxylation sites is 1. The number of aromatic nitrogens is 2. The molecule has 0 bridgehead atoms. The lowest BCUT2D eigenvalue weighted by Gasteiger charge is -2.21. The van der Waals surface area contributed by atoms with Gasteiger partial charge in [0, 0.05) is 5.56 Å². The molecule has 5 nitrogen and oxygen atoms in total. The summed E-state index contributed by atoms with van der Waals surface area (Å²) in [4.78, 5) is 0. The molecule has 1 aliphatic heterocycles. The van der Waals surface area contributed by atoms with Crippen molar-refractivity contribution >= 4 is 5.82 Å². The molecule has 2 fully saturated rings. The smallest absolute Gasteiger partial charge is 0.148 e. The van der Waals surface area contributed by atoms with Gasteiger partial charge in [-0.1, -0.05) is 25.0 Å². The van der Waals surface area contributed by atoms with Crippen LogP contribution in [0, 0.1) is 0 Å². The van der Waals surface area contributed by atoms with Crippen LogP contribution in [0.2, 0.25) is 0 Å². The van der Waals surface area contributed by atoms with Gasteiger partial charge in [0.25, 0.3) is 0 Å². The average Bonchev–Trinajstić information content (AvgIpc) is 3.25. The summed E-state index contributed by atoms with van der Waals surface area (Å²) in [7, 11) is 1.67. The zero-order valence-electron chi connectivity index (χ0n) is 14.0. The number of ether oxygens (including phenoxy) is 2. The lowest BCUT2D eigenvalue weighted by molar-refractivity contribution is 0.0103. The second-order valence-corrected chi connectivity index (χ2v) is 6.75. The molecule has 1 N–H and O–H groups in total. The molecule has 1 aromatic carbocycles. The normalized spacial score (nSPS) is 22.0. The van der Waals surface area contributed by atoms with Crippen LogP contribution in [0.3, 0.4) is 0 Å². The number of hydrogen-bond acceptors (Lipinski definition) is 5. The van der Waals surface area contributed by atoms with Gasteiger partial charge in [0.15, 0.2) is 0 Å². The molecule has 126 valence electrons. The SMILES string of the molecule is COc1ccccc1-c1ccc(N[C@@H]2COC3(CCCC3)C2)nn1. The van der Waals surface area contributed by atoms with Crippen molar-refractivity contribution in [3.63, 3.8) is 0 Å². The van der Waals surface area contributed by atoms with Gasteiger partial charge in [-0.25, -0.2) is 0 Å². The molecule has 1 spiro atoms. The van der Waals surface area contributed by atoms with Gasteiger partial charge in [-0.15, -0.1) is 10.2 Å². The van der Waals surface area contributed by atoms with Crippen molar-refractivity contribution in [1.29, 1.82) is 0 Å². The topological polar surface area (TPSA) is 56.3 Å². The number of nitrogens with zero attached hydrogens (tertiary/aromatic N) is 2. The number of nitrogens with one attached hydrogen (secondary N) is 1. The van der Waals surface area contributed by atoms with Gasteiger partial charge in [0.2, 0.25) is 0 Å². The Morgan fingerprint density at radius 2 is 1.96 bits per heavy atom. The van der Waals surface area contributed by atoms with E-state index in [0.717, 1.165) is 35.9 Å². The van der Waals surface area contributed by atoms with E-state index >= 15 is 0 Å². The third kappa shape index (κ3) is 2.96. The lowest BCUT2D eigenvalue weighted by Crippen LogP contribution is -2.25. The highest BCUT2D eigenvalue weighted by atomic mass is 16.5. The Bertz CT molecular complexity index is 696. The molecule has 1 atom stereocenters. The third-order valence-electron chi connectivity index (χ3n) is 5.12. The Morgan fingerprint density at radius 3 is 2.71 bits per heavy atom. The monoisotopic (exact) mass is 325 g/mol. The fourth-order valence-corrected chi connectivity index (χ4v) is 3.92. The first-order valence-electron chi connectivity index (χ1n) is 8.66. The minimum absolute atomic E-state index is 0.127. The number of methoxy groups -OCH3 is 1. The van der Waals surface area contributed by atoms with E-state index in [-0.39, 0.29) is 5.60 Å². The molecule has 1 aromatic heterocycles. The van der Waals surface area contributed by atoms with Crippen molar-refractivity contribution in [2.75, 3.05) is 19.0 Å². The van der Waals surface area contributed by atoms with E-state index in [1.807, 2.05) is 36.4 Å². The van der Waals surface area contributed by atoms with Crippen LogP contribution >= 0.6 is 0 Å². The molecular weight excluding hydrogens is 302 g/mol. The van der Waals surface area contributed by atoms with E-state index in [0.29, 0.717) is 6.04 Å². The maximum absolute atomic E-state index is 6.08. The van der Waals surface area contributed by atoms with E-state index in [9.17, 15) is 0 Å². The summed E-state index contributed by atoms with van der Waals surface area (Å²) in [5.41, 5.74) is 1.89. The molecule has 0 amide bonds. The van der Waals surface area contributed by atoms with Crippen LogP contribution in [0.5, 0.6) is 5.75 Å². The summed E-state index contributed by atoms with van der Waals surface area (Å²) in [6.45, 7) is 0.760. The molecule has 5 heteroatoms. The fourth-order valence-electron chi connectivity index (χ4n) is 3.92. The molecule has 0 unspecified atom stereocenters. The van der Waals surface area contributed by atoms with E-state index in [1.54, 1.807) is 7.11 Å². The highest BCUT2D eigenvalue weighted by Gasteiger charge is 2.42. The van der Waals surface area contributed by atoms with Crippen LogP contribution in [0.25, 0.3) is 11.3 Å². The van der Waals surface area contributed by atoms with Gasteiger partial charge < -0.3 is 14.8 Å². The first kappa shape index (κ1) is 15.4. The van der Waals surface area contributed by atoms with Gasteiger partial charge >= 0.3 is 0 Å². The van der Waals surface area contributed by atoms with Gasteiger partial charge in [-0.2, -0.15) is 0 Å². The Morgan fingerprint density at radius 1 is 1.12 bits per heavy atom. The molecule has 0 radical (unpaired) electrons. The van der Waals surface area contributed by atoms with Crippen molar-refractivity contribution in [3.8, 4) is 17.0 Å². The van der Waals surface area contributed by atoms with Crippen LogP contribution in [0.4, 0.5) is 5.82 Å². The third-order valence-corrected chi connectivity index (χ3v) is 5.12. The first-order chi connectivity index (χ1) is 11.8. The molecule has 2 aliphatic rings. The largest absolute Gasteiger partial charge is 0.496 e. The van der Waals surface area contributed by atoms with Gasteiger partial charge in [0.1, 0.15) is 11.6 Å². The highest BCUT2D eigenvalue weighted by molar-refractivity contribution is 5.67. The standard InChI is InChI=1S/C19H23N3O2/c1-23-17-7-3-2-6-15(17)16-8-9-18(22-21-16)20-14-12-19(24-13-14)10-4-5-11-19/h2-3,6-9,14H,4-5,10-13H2,1H3,(H,20,22)/t14-/m0/s1. The van der Waals surface area contributed by atoms with Gasteiger partial charge in [0.05, 0.1) is 31.1 Å². The number of anilines is 1. The summed E-state index contributed by atoms with van der Waals surface area (Å²) < 4.78 is 11.5. The summed E-state index contributed by atoms with van der Waals surface area (Å²) in [6, 6.07) is 12.1. The molecule has 4 rings (SSSR count). The zero-order chi connectivity index (χ0) is 16.4. The summed E-state index contributed by atoms with van der Waals surface area (Å²) in [6.07, 6.45) is 6.05. The summed E-state index contributed by atoms with van der Waals surface area (Å²) >= 11 is 0. The molecule has 1 saturated carbocycles. The molecule has 2 aromatic rings.